The summed E-state index contributed by atoms with van der Waals surface area (Å²) in [5.74, 6) is 0.190. The second-order valence-corrected chi connectivity index (χ2v) is 7.96. The predicted molar refractivity (Wildman–Crippen MR) is 114 cm³/mol. The van der Waals surface area contributed by atoms with Gasteiger partial charge >= 0.3 is 5.70 Å². The first kappa shape index (κ1) is 20.5. The van der Waals surface area contributed by atoms with Crippen LogP contribution >= 0.6 is 43.5 Å². The SMILES string of the molecule is Cc1cccc(NC(Nc2cccc(C)c2)=C(/C(Br)=C(/Cl)Br)[N+](=O)[O-])c1. The van der Waals surface area contributed by atoms with E-state index in [1.807, 2.05) is 62.4 Å². The molecule has 2 aromatic rings. The van der Waals surface area contributed by atoms with Gasteiger partial charge in [-0.1, -0.05) is 35.9 Å². The van der Waals surface area contributed by atoms with Gasteiger partial charge in [0.2, 0.25) is 0 Å². The van der Waals surface area contributed by atoms with E-state index in [1.165, 1.54) is 0 Å². The zero-order chi connectivity index (χ0) is 19.3. The fourth-order valence-electron chi connectivity index (χ4n) is 2.25. The minimum atomic E-state index is -0.505. The maximum Gasteiger partial charge on any atom is 0.325 e. The highest BCUT2D eigenvalue weighted by Gasteiger charge is 2.25. The van der Waals surface area contributed by atoms with Gasteiger partial charge < -0.3 is 10.6 Å². The fourth-order valence-corrected chi connectivity index (χ4v) is 2.87. The number of aryl methyl sites for hydroxylation is 2. The van der Waals surface area contributed by atoms with E-state index in [4.69, 9.17) is 11.6 Å². The van der Waals surface area contributed by atoms with Crippen molar-refractivity contribution in [3.63, 3.8) is 0 Å². The van der Waals surface area contributed by atoms with Gasteiger partial charge in [0.1, 0.15) is 8.42 Å². The van der Waals surface area contributed by atoms with Crippen LogP contribution in [0.2, 0.25) is 0 Å². The van der Waals surface area contributed by atoms with E-state index < -0.39 is 4.92 Å². The van der Waals surface area contributed by atoms with E-state index in [0.717, 1.165) is 11.1 Å². The summed E-state index contributed by atoms with van der Waals surface area (Å²) in [6.45, 7) is 3.89. The smallest absolute Gasteiger partial charge is 0.325 e. The maximum absolute atomic E-state index is 11.7. The summed E-state index contributed by atoms with van der Waals surface area (Å²) in [7, 11) is 0. The zero-order valence-corrected chi connectivity index (χ0v) is 17.9. The van der Waals surface area contributed by atoms with Gasteiger partial charge in [-0.2, -0.15) is 0 Å². The lowest BCUT2D eigenvalue weighted by Crippen LogP contribution is -2.17. The Morgan fingerprint density at radius 3 is 1.81 bits per heavy atom. The molecule has 8 heteroatoms. The van der Waals surface area contributed by atoms with Crippen LogP contribution in [-0.4, -0.2) is 4.92 Å². The Bertz CT molecular complexity index is 844. The van der Waals surface area contributed by atoms with E-state index in [2.05, 4.69) is 42.5 Å². The molecule has 0 spiro atoms. The number of halogens is 3. The topological polar surface area (TPSA) is 67.2 Å². The van der Waals surface area contributed by atoms with Crippen LogP contribution in [0.3, 0.4) is 0 Å². The molecule has 0 radical (unpaired) electrons. The maximum atomic E-state index is 11.7. The Morgan fingerprint density at radius 1 is 1.00 bits per heavy atom. The third-order valence-electron chi connectivity index (χ3n) is 3.37. The molecule has 2 aromatic carbocycles. The van der Waals surface area contributed by atoms with Crippen LogP contribution in [-0.2, 0) is 0 Å². The molecule has 0 saturated carbocycles. The first-order chi connectivity index (χ1) is 12.3. The molecule has 0 aliphatic heterocycles. The largest absolute Gasteiger partial charge is 0.336 e. The van der Waals surface area contributed by atoms with Crippen molar-refractivity contribution in [2.75, 3.05) is 10.6 Å². The standard InChI is InChI=1S/C18H16Br2ClN3O2/c1-11-5-3-7-13(9-11)22-18(16(24(25)26)15(19)17(20)21)23-14-8-4-6-12(2)10-14/h3-10,22-23H,1-2H3/b17-15-. The van der Waals surface area contributed by atoms with Gasteiger partial charge in [-0.15, -0.1) is 0 Å². The monoisotopic (exact) mass is 499 g/mol. The van der Waals surface area contributed by atoms with Crippen molar-refractivity contribution >= 4 is 54.8 Å². The molecule has 0 heterocycles. The molecule has 2 N–H and O–H groups in total. The van der Waals surface area contributed by atoms with Gasteiger partial charge in [0.25, 0.3) is 0 Å². The second kappa shape index (κ2) is 9.21. The molecule has 0 amide bonds. The van der Waals surface area contributed by atoms with Crippen LogP contribution in [0.25, 0.3) is 0 Å². The predicted octanol–water partition coefficient (Wildman–Crippen LogP) is 6.47. The number of hydrogen-bond donors (Lipinski definition) is 2. The van der Waals surface area contributed by atoms with Crippen molar-refractivity contribution in [3.8, 4) is 0 Å². The third kappa shape index (κ3) is 5.59. The van der Waals surface area contributed by atoms with Gasteiger partial charge in [-0.3, -0.25) is 10.1 Å². The van der Waals surface area contributed by atoms with Crippen LogP contribution < -0.4 is 10.6 Å². The van der Waals surface area contributed by atoms with Gasteiger partial charge in [0.05, 0.1) is 4.92 Å². The molecule has 0 bridgehead atoms. The summed E-state index contributed by atoms with van der Waals surface area (Å²) < 4.78 is 0.221. The number of hydrogen-bond acceptors (Lipinski definition) is 4. The Balaban J connectivity index is 2.57. The molecular weight excluding hydrogens is 485 g/mol. The Kier molecular flexibility index (Phi) is 7.25. The Labute approximate surface area is 173 Å². The van der Waals surface area contributed by atoms with Crippen LogP contribution in [0.4, 0.5) is 11.4 Å². The van der Waals surface area contributed by atoms with Gasteiger partial charge in [0, 0.05) is 11.4 Å². The van der Waals surface area contributed by atoms with E-state index in [1.54, 1.807) is 0 Å². The first-order valence-electron chi connectivity index (χ1n) is 7.55. The third-order valence-corrected chi connectivity index (χ3v) is 5.49. The lowest BCUT2D eigenvalue weighted by atomic mass is 10.2. The van der Waals surface area contributed by atoms with Crippen LogP contribution in [0.1, 0.15) is 11.1 Å². The highest BCUT2D eigenvalue weighted by Crippen LogP contribution is 2.31. The molecule has 26 heavy (non-hydrogen) atoms. The minimum Gasteiger partial charge on any atom is -0.336 e. The minimum absolute atomic E-state index is 0.0961. The molecular formula is C18H16Br2ClN3O2. The summed E-state index contributed by atoms with van der Waals surface area (Å²) >= 11 is 12.2. The molecule has 0 aliphatic rings. The molecule has 0 aromatic heterocycles. The number of nitrogens with one attached hydrogen (secondary N) is 2. The molecule has 136 valence electrons. The normalized spacial score (nSPS) is 11.4. The summed E-state index contributed by atoms with van der Waals surface area (Å²) in [5.41, 5.74) is 3.26. The highest BCUT2D eigenvalue weighted by atomic mass is 79.9. The molecule has 5 nitrogen and oxygen atoms in total. The summed E-state index contributed by atoms with van der Waals surface area (Å²) in [5, 5.41) is 17.9. The van der Waals surface area contributed by atoms with E-state index in [9.17, 15) is 10.1 Å². The number of nitro groups is 1. The van der Waals surface area contributed by atoms with Crippen molar-refractivity contribution in [2.45, 2.75) is 13.8 Å². The van der Waals surface area contributed by atoms with Crippen molar-refractivity contribution in [3.05, 3.63) is 89.7 Å². The fraction of sp³-hybridized carbons (Fsp3) is 0.111. The van der Waals surface area contributed by atoms with Crippen molar-refractivity contribution < 1.29 is 4.92 Å². The summed E-state index contributed by atoms with van der Waals surface area (Å²) in [6.07, 6.45) is 0. The zero-order valence-electron chi connectivity index (χ0n) is 14.0. The van der Waals surface area contributed by atoms with Crippen molar-refractivity contribution in [1.29, 1.82) is 0 Å². The quantitative estimate of drug-likeness (QED) is 0.270. The Morgan fingerprint density at radius 2 is 1.46 bits per heavy atom. The summed E-state index contributed by atoms with van der Waals surface area (Å²) in [6, 6.07) is 15.1. The molecule has 0 fully saturated rings. The van der Waals surface area contributed by atoms with E-state index in [0.29, 0.717) is 11.4 Å². The summed E-state index contributed by atoms with van der Waals surface area (Å²) in [4.78, 5) is 11.2. The first-order valence-corrected chi connectivity index (χ1v) is 9.51. The molecule has 2 rings (SSSR count). The lowest BCUT2D eigenvalue weighted by Gasteiger charge is -2.15. The average molecular weight is 502 g/mol. The van der Waals surface area contributed by atoms with Gasteiger partial charge in [-0.05, 0) is 81.1 Å². The number of nitrogens with zero attached hydrogens (tertiary/aromatic N) is 1. The average Bonchev–Trinajstić information content (AvgIpc) is 2.54. The van der Waals surface area contributed by atoms with Crippen molar-refractivity contribution in [2.24, 2.45) is 0 Å². The lowest BCUT2D eigenvalue weighted by molar-refractivity contribution is -0.420. The Hall–Kier alpha value is -1.83. The van der Waals surface area contributed by atoms with Crippen LogP contribution in [0.15, 0.2) is 68.5 Å². The molecule has 0 atom stereocenters. The number of benzene rings is 2. The van der Waals surface area contributed by atoms with Crippen LogP contribution in [0.5, 0.6) is 0 Å². The van der Waals surface area contributed by atoms with Crippen LogP contribution in [0, 0.1) is 24.0 Å². The number of rotatable bonds is 6. The second-order valence-electron chi connectivity index (χ2n) is 5.54. The van der Waals surface area contributed by atoms with Gasteiger partial charge in [0.15, 0.2) is 5.82 Å². The number of allylic oxidation sites excluding steroid dienone is 1. The molecule has 0 saturated heterocycles. The number of anilines is 2. The van der Waals surface area contributed by atoms with Crippen molar-refractivity contribution in [1.82, 2.24) is 0 Å². The molecule has 0 aliphatic carbocycles. The molecule has 0 unspecified atom stereocenters. The van der Waals surface area contributed by atoms with E-state index >= 15 is 0 Å². The highest BCUT2D eigenvalue weighted by molar-refractivity contribution is 9.14. The van der Waals surface area contributed by atoms with Gasteiger partial charge in [-0.25, -0.2) is 0 Å². The van der Waals surface area contributed by atoms with E-state index in [-0.39, 0.29) is 19.9 Å².